The van der Waals surface area contributed by atoms with Crippen LogP contribution in [-0.2, 0) is 36.8 Å². The van der Waals surface area contributed by atoms with E-state index in [0.29, 0.717) is 16.9 Å². The largest absolute Gasteiger partial charge is 0.508 e. The van der Waals surface area contributed by atoms with Gasteiger partial charge in [-0.25, -0.2) is 4.79 Å². The maximum Gasteiger partial charge on any atom is 0.326 e. The van der Waals surface area contributed by atoms with Crippen molar-refractivity contribution in [2.75, 3.05) is 12.0 Å². The first-order valence-corrected chi connectivity index (χ1v) is 13.8. The van der Waals surface area contributed by atoms with Gasteiger partial charge in [-0.1, -0.05) is 42.5 Å². The van der Waals surface area contributed by atoms with Crippen molar-refractivity contribution in [3.63, 3.8) is 0 Å². The molecule has 0 aliphatic heterocycles. The van der Waals surface area contributed by atoms with E-state index in [0.717, 1.165) is 0 Å². The minimum atomic E-state index is -1.39. The van der Waals surface area contributed by atoms with Gasteiger partial charge in [0.2, 0.25) is 17.7 Å². The number of nitrogens with two attached hydrogens (primary N) is 1. The second-order valence-corrected chi connectivity index (χ2v) is 10.1. The van der Waals surface area contributed by atoms with E-state index in [1.807, 2.05) is 6.26 Å². The molecular formula is C27H34N4O8S. The van der Waals surface area contributed by atoms with Crippen LogP contribution in [-0.4, -0.2) is 81.2 Å². The van der Waals surface area contributed by atoms with E-state index in [2.05, 4.69) is 16.0 Å². The molecule has 12 nitrogen and oxygen atoms in total. The summed E-state index contributed by atoms with van der Waals surface area (Å²) in [7, 11) is 0. The molecule has 0 fully saturated rings. The summed E-state index contributed by atoms with van der Waals surface area (Å²) in [6.07, 6.45) is 1.33. The highest BCUT2D eigenvalue weighted by Crippen LogP contribution is 2.12. The Morgan fingerprint density at radius 3 is 1.88 bits per heavy atom. The number of aromatic hydroxyl groups is 1. The van der Waals surface area contributed by atoms with Crippen LogP contribution in [0.15, 0.2) is 54.6 Å². The zero-order chi connectivity index (χ0) is 29.7. The molecule has 0 saturated carbocycles. The van der Waals surface area contributed by atoms with Crippen LogP contribution >= 0.6 is 11.8 Å². The van der Waals surface area contributed by atoms with Crippen molar-refractivity contribution in [1.29, 1.82) is 0 Å². The van der Waals surface area contributed by atoms with E-state index in [-0.39, 0.29) is 25.0 Å². The number of benzene rings is 2. The molecule has 4 atom stereocenters. The van der Waals surface area contributed by atoms with Crippen molar-refractivity contribution in [3.05, 3.63) is 65.7 Å². The number of hydrogen-bond donors (Lipinski definition) is 7. The Labute approximate surface area is 235 Å². The summed E-state index contributed by atoms with van der Waals surface area (Å²) in [6.45, 7) is 0. The topological polar surface area (TPSA) is 208 Å². The van der Waals surface area contributed by atoms with E-state index in [1.54, 1.807) is 30.3 Å². The van der Waals surface area contributed by atoms with Gasteiger partial charge in [-0.2, -0.15) is 11.8 Å². The van der Waals surface area contributed by atoms with Gasteiger partial charge in [-0.05, 0) is 41.7 Å². The summed E-state index contributed by atoms with van der Waals surface area (Å²) in [6, 6.07) is 9.62. The van der Waals surface area contributed by atoms with Crippen molar-refractivity contribution >= 4 is 41.4 Å². The molecule has 3 amide bonds. The molecule has 4 unspecified atom stereocenters. The van der Waals surface area contributed by atoms with Crippen LogP contribution in [0.1, 0.15) is 24.0 Å². The Morgan fingerprint density at radius 1 is 0.775 bits per heavy atom. The zero-order valence-corrected chi connectivity index (χ0v) is 22.7. The van der Waals surface area contributed by atoms with E-state index in [9.17, 15) is 34.2 Å². The summed E-state index contributed by atoms with van der Waals surface area (Å²) in [4.78, 5) is 61.9. The lowest BCUT2D eigenvalue weighted by molar-refractivity contribution is -0.142. The SMILES string of the molecule is CSCCC(NC(=O)C(Cc1ccccc1)NC(=O)C(N)CC(=O)O)C(=O)NC(Cc1ccc(O)cc1)C(=O)O. The molecular weight excluding hydrogens is 540 g/mol. The van der Waals surface area contributed by atoms with Crippen LogP contribution in [0.5, 0.6) is 5.75 Å². The third-order valence-electron chi connectivity index (χ3n) is 5.88. The summed E-state index contributed by atoms with van der Waals surface area (Å²) in [5.41, 5.74) is 6.93. The number of aliphatic carboxylic acids is 2. The number of carboxylic acid groups (broad SMARTS) is 2. The van der Waals surface area contributed by atoms with E-state index in [4.69, 9.17) is 10.8 Å². The molecule has 0 spiro atoms. The second-order valence-electron chi connectivity index (χ2n) is 9.07. The lowest BCUT2D eigenvalue weighted by Crippen LogP contribution is -2.58. The number of carboxylic acids is 2. The van der Waals surface area contributed by atoms with Gasteiger partial charge in [-0.15, -0.1) is 0 Å². The first kappa shape index (κ1) is 32.1. The molecule has 216 valence electrons. The highest BCUT2D eigenvalue weighted by Gasteiger charge is 2.30. The van der Waals surface area contributed by atoms with E-state index >= 15 is 0 Å². The van der Waals surface area contributed by atoms with Crippen LogP contribution in [0, 0.1) is 0 Å². The first-order chi connectivity index (χ1) is 19.0. The lowest BCUT2D eigenvalue weighted by Gasteiger charge is -2.25. The molecule has 0 saturated heterocycles. The summed E-state index contributed by atoms with van der Waals surface area (Å²) in [5, 5.41) is 35.6. The normalized spacial score (nSPS) is 13.8. The Bertz CT molecular complexity index is 1160. The molecule has 0 heterocycles. The predicted octanol–water partition coefficient (Wildman–Crippen LogP) is 0.272. The number of hydrogen-bond acceptors (Lipinski definition) is 8. The highest BCUT2D eigenvalue weighted by molar-refractivity contribution is 7.98. The fourth-order valence-corrected chi connectivity index (χ4v) is 4.21. The minimum Gasteiger partial charge on any atom is -0.508 e. The Morgan fingerprint density at radius 2 is 1.30 bits per heavy atom. The molecule has 2 aromatic rings. The molecule has 0 bridgehead atoms. The molecule has 0 radical (unpaired) electrons. The Kier molecular flexibility index (Phi) is 12.9. The van der Waals surface area contributed by atoms with Gasteiger partial charge in [0.05, 0.1) is 12.5 Å². The molecule has 8 N–H and O–H groups in total. The third kappa shape index (κ3) is 10.9. The van der Waals surface area contributed by atoms with Crippen LogP contribution < -0.4 is 21.7 Å². The Balaban J connectivity index is 2.20. The first-order valence-electron chi connectivity index (χ1n) is 12.4. The van der Waals surface area contributed by atoms with E-state index in [1.165, 1.54) is 36.0 Å². The monoisotopic (exact) mass is 574 g/mol. The zero-order valence-electron chi connectivity index (χ0n) is 21.9. The quantitative estimate of drug-likeness (QED) is 0.146. The molecule has 40 heavy (non-hydrogen) atoms. The minimum absolute atomic E-state index is 0.0144. The van der Waals surface area contributed by atoms with Gasteiger partial charge < -0.3 is 37.0 Å². The number of carbonyl (C=O) groups is 5. The smallest absolute Gasteiger partial charge is 0.326 e. The number of nitrogens with one attached hydrogen (secondary N) is 3. The van der Waals surface area contributed by atoms with Crippen LogP contribution in [0.4, 0.5) is 0 Å². The average Bonchev–Trinajstić information content (AvgIpc) is 2.91. The van der Waals surface area contributed by atoms with Gasteiger partial charge in [-0.3, -0.25) is 19.2 Å². The molecule has 0 aliphatic carbocycles. The highest BCUT2D eigenvalue weighted by atomic mass is 32.2. The van der Waals surface area contributed by atoms with Crippen LogP contribution in [0.2, 0.25) is 0 Å². The number of phenols is 1. The Hall–Kier alpha value is -4.10. The maximum atomic E-state index is 13.3. The number of carbonyl (C=O) groups excluding carboxylic acids is 3. The van der Waals surface area contributed by atoms with Crippen molar-refractivity contribution in [2.24, 2.45) is 5.73 Å². The van der Waals surface area contributed by atoms with Crippen molar-refractivity contribution < 1.29 is 39.3 Å². The molecule has 2 rings (SSSR count). The number of amides is 3. The number of thioether (sulfide) groups is 1. The van der Waals surface area contributed by atoms with Crippen LogP contribution in [0.3, 0.4) is 0 Å². The van der Waals surface area contributed by atoms with Gasteiger partial charge in [0.1, 0.15) is 23.9 Å². The predicted molar refractivity (Wildman–Crippen MR) is 149 cm³/mol. The fourth-order valence-electron chi connectivity index (χ4n) is 3.74. The van der Waals surface area contributed by atoms with Crippen LogP contribution in [0.25, 0.3) is 0 Å². The van der Waals surface area contributed by atoms with Crippen molar-refractivity contribution in [2.45, 2.75) is 49.9 Å². The van der Waals surface area contributed by atoms with Gasteiger partial charge in [0.25, 0.3) is 0 Å². The van der Waals surface area contributed by atoms with Gasteiger partial charge >= 0.3 is 11.9 Å². The fraction of sp³-hybridized carbons (Fsp3) is 0.370. The molecule has 13 heteroatoms. The summed E-state index contributed by atoms with van der Waals surface area (Å²) >= 11 is 1.42. The van der Waals surface area contributed by atoms with E-state index < -0.39 is 60.2 Å². The average molecular weight is 575 g/mol. The molecule has 0 aliphatic rings. The van der Waals surface area contributed by atoms with Gasteiger partial charge in [0.15, 0.2) is 0 Å². The van der Waals surface area contributed by atoms with Gasteiger partial charge in [0, 0.05) is 12.8 Å². The maximum absolute atomic E-state index is 13.3. The second kappa shape index (κ2) is 16.1. The van der Waals surface area contributed by atoms with Crippen molar-refractivity contribution in [1.82, 2.24) is 16.0 Å². The summed E-state index contributed by atoms with van der Waals surface area (Å²) in [5.74, 6) is -4.36. The standard InChI is InChI=1S/C27H34N4O8S/c1-40-12-11-20(25(36)31-22(27(38)39)14-17-7-9-18(32)10-8-17)29-26(37)21(13-16-5-3-2-4-6-16)30-24(35)19(28)15-23(33)34/h2-10,19-22,32H,11-15,28H2,1H3,(H,29,37)(H,30,35)(H,31,36)(H,33,34)(H,38,39). The summed E-state index contributed by atoms with van der Waals surface area (Å²) < 4.78 is 0. The number of phenolic OH excluding ortho intramolecular Hbond substituents is 1. The number of rotatable bonds is 16. The molecule has 2 aromatic carbocycles. The third-order valence-corrected chi connectivity index (χ3v) is 6.53. The van der Waals surface area contributed by atoms with Crippen molar-refractivity contribution in [3.8, 4) is 5.75 Å². The molecule has 0 aromatic heterocycles. The lowest BCUT2D eigenvalue weighted by atomic mass is 10.0.